The van der Waals surface area contributed by atoms with E-state index in [2.05, 4.69) is 15.6 Å². The van der Waals surface area contributed by atoms with Gasteiger partial charge in [-0.1, -0.05) is 6.92 Å². The van der Waals surface area contributed by atoms with Gasteiger partial charge in [0.15, 0.2) is 0 Å². The molecule has 3 atom stereocenters. The van der Waals surface area contributed by atoms with Crippen LogP contribution in [0.2, 0.25) is 0 Å². The molecule has 21 heavy (non-hydrogen) atoms. The molecule has 0 aliphatic carbocycles. The monoisotopic (exact) mass is 313 g/mol. The summed E-state index contributed by atoms with van der Waals surface area (Å²) in [5, 5.41) is 17.5. The number of carboxylic acid groups (broad SMARTS) is 1. The second-order valence-corrected chi connectivity index (χ2v) is 6.34. The molecule has 7 nitrogen and oxygen atoms in total. The summed E-state index contributed by atoms with van der Waals surface area (Å²) in [4.78, 5) is 27.4. The first-order valence-corrected chi connectivity index (χ1v) is 7.56. The smallest absolute Gasteiger partial charge is 0.315 e. The number of aliphatic carboxylic acids is 1. The quantitative estimate of drug-likeness (QED) is 0.754. The van der Waals surface area contributed by atoms with Gasteiger partial charge in [0, 0.05) is 24.0 Å². The van der Waals surface area contributed by atoms with Gasteiger partial charge in [-0.25, -0.2) is 9.78 Å². The van der Waals surface area contributed by atoms with Crippen LogP contribution in [0.3, 0.4) is 0 Å². The Kier molecular flexibility index (Phi) is 4.79. The maximum atomic E-state index is 11.9. The molecule has 0 aromatic carbocycles. The molecule has 8 heteroatoms. The van der Waals surface area contributed by atoms with Gasteiger partial charge in [-0.3, -0.25) is 4.79 Å². The van der Waals surface area contributed by atoms with Crippen LogP contribution >= 0.6 is 11.3 Å². The van der Waals surface area contributed by atoms with Crippen molar-refractivity contribution < 1.29 is 19.4 Å². The predicted molar refractivity (Wildman–Crippen MR) is 77.4 cm³/mol. The Balaban J connectivity index is 1.83. The van der Waals surface area contributed by atoms with Gasteiger partial charge in [-0.05, 0) is 6.92 Å². The Morgan fingerprint density at radius 3 is 3.05 bits per heavy atom. The molecule has 1 fully saturated rings. The molecular formula is C13H19N3O4S. The van der Waals surface area contributed by atoms with Crippen molar-refractivity contribution in [1.82, 2.24) is 15.6 Å². The van der Waals surface area contributed by atoms with Crippen molar-refractivity contribution in [3.63, 3.8) is 0 Å². The number of hydrogen-bond acceptors (Lipinski definition) is 5. The maximum absolute atomic E-state index is 11.9. The topological polar surface area (TPSA) is 101 Å². The highest BCUT2D eigenvalue weighted by molar-refractivity contribution is 7.09. The lowest BCUT2D eigenvalue weighted by Crippen LogP contribution is -2.52. The van der Waals surface area contributed by atoms with Crippen molar-refractivity contribution in [2.45, 2.75) is 25.8 Å². The number of aromatic nitrogens is 1. The number of rotatable bonds is 5. The van der Waals surface area contributed by atoms with E-state index in [1.54, 1.807) is 13.1 Å². The van der Waals surface area contributed by atoms with Crippen LogP contribution in [-0.2, 0) is 9.53 Å². The fourth-order valence-corrected chi connectivity index (χ4v) is 2.80. The van der Waals surface area contributed by atoms with Crippen LogP contribution in [0, 0.1) is 5.41 Å². The minimum atomic E-state index is -1.09. The van der Waals surface area contributed by atoms with E-state index in [-0.39, 0.29) is 25.2 Å². The number of carbonyl (C=O) groups is 2. The van der Waals surface area contributed by atoms with Crippen molar-refractivity contribution in [3.05, 3.63) is 16.6 Å². The Morgan fingerprint density at radius 2 is 2.43 bits per heavy atom. The Morgan fingerprint density at radius 1 is 1.67 bits per heavy atom. The Bertz CT molecular complexity index is 508. The van der Waals surface area contributed by atoms with Gasteiger partial charge in [0.25, 0.3) is 0 Å². The summed E-state index contributed by atoms with van der Waals surface area (Å²) in [5.41, 5.74) is -1.09. The van der Waals surface area contributed by atoms with Gasteiger partial charge < -0.3 is 20.5 Å². The molecule has 1 aliphatic heterocycles. The SMILES string of the molecule is CC(CNC(=O)NC1COCC1(C)C(=O)O)c1nccs1. The highest BCUT2D eigenvalue weighted by Gasteiger charge is 2.47. The summed E-state index contributed by atoms with van der Waals surface area (Å²) in [6, 6.07) is -0.924. The molecule has 1 aromatic rings. The number of nitrogens with zero attached hydrogens (tertiary/aromatic N) is 1. The predicted octanol–water partition coefficient (Wildman–Crippen LogP) is 1.04. The third-order valence-electron chi connectivity index (χ3n) is 3.69. The van der Waals surface area contributed by atoms with Gasteiger partial charge in [-0.2, -0.15) is 0 Å². The molecule has 0 radical (unpaired) electrons. The number of ether oxygens (including phenoxy) is 1. The van der Waals surface area contributed by atoms with E-state index in [4.69, 9.17) is 4.74 Å². The molecule has 2 heterocycles. The Hall–Kier alpha value is -1.67. The fourth-order valence-electron chi connectivity index (χ4n) is 2.11. The molecule has 0 bridgehead atoms. The van der Waals surface area contributed by atoms with Crippen molar-refractivity contribution in [2.75, 3.05) is 19.8 Å². The van der Waals surface area contributed by atoms with Crippen molar-refractivity contribution in [3.8, 4) is 0 Å². The van der Waals surface area contributed by atoms with E-state index in [1.165, 1.54) is 11.3 Å². The largest absolute Gasteiger partial charge is 0.481 e. The van der Waals surface area contributed by atoms with Crippen LogP contribution in [-0.4, -0.2) is 47.9 Å². The zero-order valence-electron chi connectivity index (χ0n) is 12.0. The first kappa shape index (κ1) is 15.7. The third kappa shape index (κ3) is 3.51. The average Bonchev–Trinajstić information content (AvgIpc) is 3.07. The van der Waals surface area contributed by atoms with E-state index >= 15 is 0 Å². The number of carboxylic acids is 1. The lowest BCUT2D eigenvalue weighted by atomic mass is 9.85. The highest BCUT2D eigenvalue weighted by Crippen LogP contribution is 2.28. The molecule has 1 saturated heterocycles. The van der Waals surface area contributed by atoms with Crippen molar-refractivity contribution in [1.29, 1.82) is 0 Å². The summed E-state index contributed by atoms with van der Waals surface area (Å²) >= 11 is 1.54. The summed E-state index contributed by atoms with van der Waals surface area (Å²) in [7, 11) is 0. The number of nitrogens with one attached hydrogen (secondary N) is 2. The molecule has 1 aromatic heterocycles. The molecule has 3 unspecified atom stereocenters. The van der Waals surface area contributed by atoms with E-state index in [0.717, 1.165) is 5.01 Å². The summed E-state index contributed by atoms with van der Waals surface area (Å²) < 4.78 is 5.19. The third-order valence-corrected chi connectivity index (χ3v) is 4.70. The van der Waals surface area contributed by atoms with Crippen molar-refractivity contribution in [2.24, 2.45) is 5.41 Å². The number of carbonyl (C=O) groups excluding carboxylic acids is 1. The zero-order valence-corrected chi connectivity index (χ0v) is 12.8. The van der Waals surface area contributed by atoms with Crippen LogP contribution in [0.25, 0.3) is 0 Å². The normalized spacial score (nSPS) is 26.3. The first-order chi connectivity index (χ1) is 9.93. The van der Waals surface area contributed by atoms with Gasteiger partial charge in [0.2, 0.25) is 0 Å². The van der Waals surface area contributed by atoms with Gasteiger partial charge in [-0.15, -0.1) is 11.3 Å². The van der Waals surface area contributed by atoms with Crippen LogP contribution in [0.15, 0.2) is 11.6 Å². The molecule has 2 rings (SSSR count). The highest BCUT2D eigenvalue weighted by atomic mass is 32.1. The maximum Gasteiger partial charge on any atom is 0.315 e. The molecule has 0 spiro atoms. The van der Waals surface area contributed by atoms with E-state index in [9.17, 15) is 14.7 Å². The molecule has 2 amide bonds. The minimum absolute atomic E-state index is 0.1000. The fraction of sp³-hybridized carbons (Fsp3) is 0.615. The van der Waals surface area contributed by atoms with Gasteiger partial charge >= 0.3 is 12.0 Å². The number of thiazole rings is 1. The Labute approximate surface area is 126 Å². The average molecular weight is 313 g/mol. The summed E-state index contributed by atoms with van der Waals surface area (Å²) in [5.74, 6) is -0.858. The van der Waals surface area contributed by atoms with E-state index < -0.39 is 17.4 Å². The molecule has 0 saturated carbocycles. The summed E-state index contributed by atoms with van der Waals surface area (Å²) in [6.45, 7) is 4.29. The first-order valence-electron chi connectivity index (χ1n) is 6.68. The molecule has 1 aliphatic rings. The van der Waals surface area contributed by atoms with Crippen LogP contribution < -0.4 is 10.6 Å². The van der Waals surface area contributed by atoms with Crippen molar-refractivity contribution >= 4 is 23.3 Å². The second-order valence-electron chi connectivity index (χ2n) is 5.42. The molecular weight excluding hydrogens is 294 g/mol. The molecule has 3 N–H and O–H groups in total. The van der Waals surface area contributed by atoms with Crippen LogP contribution in [0.1, 0.15) is 24.8 Å². The second kappa shape index (κ2) is 6.40. The van der Waals surface area contributed by atoms with E-state index in [1.807, 2.05) is 12.3 Å². The number of hydrogen-bond donors (Lipinski definition) is 3. The standard InChI is InChI=1S/C13H19N3O4S/c1-8(10-14-3-4-21-10)5-15-12(19)16-9-6-20-7-13(9,2)11(17)18/h3-4,8-9H,5-7H2,1-2H3,(H,17,18)(H2,15,16,19). The van der Waals surface area contributed by atoms with Gasteiger partial charge in [0.1, 0.15) is 5.41 Å². The minimum Gasteiger partial charge on any atom is -0.481 e. The lowest BCUT2D eigenvalue weighted by Gasteiger charge is -2.25. The van der Waals surface area contributed by atoms with Gasteiger partial charge in [0.05, 0.1) is 24.3 Å². The zero-order chi connectivity index (χ0) is 15.5. The lowest BCUT2D eigenvalue weighted by molar-refractivity contribution is -0.148. The summed E-state index contributed by atoms with van der Waals surface area (Å²) in [6.07, 6.45) is 1.73. The molecule has 116 valence electrons. The van der Waals surface area contributed by atoms with Crippen LogP contribution in [0.4, 0.5) is 4.79 Å². The number of amides is 2. The van der Waals surface area contributed by atoms with E-state index in [0.29, 0.717) is 6.54 Å². The van der Waals surface area contributed by atoms with Crippen LogP contribution in [0.5, 0.6) is 0 Å². The number of urea groups is 1.